The lowest BCUT2D eigenvalue weighted by molar-refractivity contribution is -0.134. The lowest BCUT2D eigenvalue weighted by Gasteiger charge is -2.40. The topological polar surface area (TPSA) is 73.8 Å². The van der Waals surface area contributed by atoms with Crippen LogP contribution in [0.1, 0.15) is 28.9 Å². The zero-order chi connectivity index (χ0) is 20.2. The Kier molecular flexibility index (Phi) is 4.10. The van der Waals surface area contributed by atoms with Crippen molar-refractivity contribution in [3.8, 4) is 0 Å². The summed E-state index contributed by atoms with van der Waals surface area (Å²) in [6, 6.07) is 5.59. The molecule has 4 amide bonds. The molecule has 2 fully saturated rings. The predicted octanol–water partition coefficient (Wildman–Crippen LogP) is 2.18. The Balaban J connectivity index is 1.61. The molecule has 2 aliphatic rings. The quantitative estimate of drug-likeness (QED) is 0.707. The van der Waals surface area contributed by atoms with E-state index in [4.69, 9.17) is 0 Å². The van der Waals surface area contributed by atoms with Crippen molar-refractivity contribution in [2.45, 2.75) is 25.3 Å². The van der Waals surface area contributed by atoms with Gasteiger partial charge in [0.25, 0.3) is 11.8 Å². The number of pyridine rings is 1. The first-order valence-electron chi connectivity index (χ1n) is 9.17. The SMILES string of the molecule is Cc1cc(C(=O)N2CCC3(CC2)C(=O)N(C)C(=O)N3C)c2ccc(F)cc2n1. The first kappa shape index (κ1) is 18.3. The fourth-order valence-electron chi connectivity index (χ4n) is 4.26. The number of amides is 4. The lowest BCUT2D eigenvalue weighted by Crippen LogP contribution is -2.56. The molecule has 7 nitrogen and oxygen atoms in total. The van der Waals surface area contributed by atoms with E-state index in [0.717, 1.165) is 4.90 Å². The van der Waals surface area contributed by atoms with Crippen LogP contribution in [0, 0.1) is 12.7 Å². The molecule has 2 aliphatic heterocycles. The van der Waals surface area contributed by atoms with Crippen LogP contribution in [-0.2, 0) is 4.79 Å². The number of halogens is 1. The van der Waals surface area contributed by atoms with Gasteiger partial charge in [-0.3, -0.25) is 19.5 Å². The van der Waals surface area contributed by atoms with E-state index in [2.05, 4.69) is 4.98 Å². The Hall–Kier alpha value is -3.03. The van der Waals surface area contributed by atoms with E-state index in [-0.39, 0.29) is 17.8 Å². The van der Waals surface area contributed by atoms with Gasteiger partial charge in [-0.25, -0.2) is 9.18 Å². The number of rotatable bonds is 1. The molecule has 0 N–H and O–H groups in total. The second-order valence-electron chi connectivity index (χ2n) is 7.50. The maximum absolute atomic E-state index is 13.6. The molecule has 1 aromatic carbocycles. The molecule has 3 heterocycles. The van der Waals surface area contributed by atoms with Crippen molar-refractivity contribution in [2.75, 3.05) is 27.2 Å². The van der Waals surface area contributed by atoms with Gasteiger partial charge in [0.1, 0.15) is 11.4 Å². The molecular formula is C20H21FN4O3. The first-order chi connectivity index (χ1) is 13.2. The average molecular weight is 384 g/mol. The molecule has 0 saturated carbocycles. The number of aromatic nitrogens is 1. The molecule has 146 valence electrons. The number of hydrogen-bond donors (Lipinski definition) is 0. The van der Waals surface area contributed by atoms with Crippen LogP contribution in [0.5, 0.6) is 0 Å². The molecule has 0 bridgehead atoms. The number of aryl methyl sites for hydroxylation is 1. The van der Waals surface area contributed by atoms with E-state index in [1.54, 1.807) is 31.0 Å². The summed E-state index contributed by atoms with van der Waals surface area (Å²) in [5.41, 5.74) is 0.669. The van der Waals surface area contributed by atoms with Gasteiger partial charge >= 0.3 is 6.03 Å². The fraction of sp³-hybridized carbons (Fsp3) is 0.400. The van der Waals surface area contributed by atoms with Crippen LogP contribution in [0.3, 0.4) is 0 Å². The van der Waals surface area contributed by atoms with Gasteiger partial charge in [-0.1, -0.05) is 0 Å². The highest BCUT2D eigenvalue weighted by Gasteiger charge is 2.55. The molecule has 0 atom stereocenters. The van der Waals surface area contributed by atoms with E-state index in [9.17, 15) is 18.8 Å². The molecule has 0 aliphatic carbocycles. The summed E-state index contributed by atoms with van der Waals surface area (Å²) in [6.07, 6.45) is 0.779. The molecule has 8 heteroatoms. The van der Waals surface area contributed by atoms with Gasteiger partial charge in [-0.15, -0.1) is 0 Å². The van der Waals surface area contributed by atoms with Crippen molar-refractivity contribution in [1.82, 2.24) is 19.7 Å². The number of likely N-dealkylation sites (N-methyl/N-ethyl adjacent to an activating group) is 2. The summed E-state index contributed by atoms with van der Waals surface area (Å²) in [6.45, 7) is 2.49. The van der Waals surface area contributed by atoms with Gasteiger partial charge in [-0.05, 0) is 38.0 Å². The van der Waals surface area contributed by atoms with E-state index >= 15 is 0 Å². The number of likely N-dealkylation sites (tertiary alicyclic amines) is 1. The highest BCUT2D eigenvalue weighted by atomic mass is 19.1. The Morgan fingerprint density at radius 1 is 1.14 bits per heavy atom. The van der Waals surface area contributed by atoms with Crippen molar-refractivity contribution in [3.63, 3.8) is 0 Å². The van der Waals surface area contributed by atoms with Crippen molar-refractivity contribution in [3.05, 3.63) is 41.3 Å². The molecule has 2 aromatic rings. The molecule has 0 unspecified atom stereocenters. The molecule has 28 heavy (non-hydrogen) atoms. The Labute approximate surface area is 161 Å². The van der Waals surface area contributed by atoms with Crippen LogP contribution in [0.15, 0.2) is 24.3 Å². The van der Waals surface area contributed by atoms with Crippen molar-refractivity contribution in [2.24, 2.45) is 0 Å². The minimum absolute atomic E-state index is 0.176. The van der Waals surface area contributed by atoms with Crippen LogP contribution in [0.4, 0.5) is 9.18 Å². The third kappa shape index (κ3) is 2.55. The number of piperidine rings is 1. The number of hydrogen-bond acceptors (Lipinski definition) is 4. The van der Waals surface area contributed by atoms with Crippen molar-refractivity contribution < 1.29 is 18.8 Å². The minimum Gasteiger partial charge on any atom is -0.338 e. The zero-order valence-corrected chi connectivity index (χ0v) is 16.0. The monoisotopic (exact) mass is 384 g/mol. The first-order valence-corrected chi connectivity index (χ1v) is 9.17. The van der Waals surface area contributed by atoms with Crippen LogP contribution in [-0.4, -0.2) is 70.3 Å². The van der Waals surface area contributed by atoms with E-state index in [1.807, 2.05) is 0 Å². The summed E-state index contributed by atoms with van der Waals surface area (Å²) < 4.78 is 13.6. The van der Waals surface area contributed by atoms with Gasteiger partial charge in [0.15, 0.2) is 0 Å². The van der Waals surface area contributed by atoms with Gasteiger partial charge in [0.05, 0.1) is 11.1 Å². The number of fused-ring (bicyclic) bond motifs is 1. The van der Waals surface area contributed by atoms with E-state index in [1.165, 1.54) is 24.1 Å². The van der Waals surface area contributed by atoms with Crippen LogP contribution >= 0.6 is 0 Å². The summed E-state index contributed by atoms with van der Waals surface area (Å²) in [7, 11) is 3.12. The van der Waals surface area contributed by atoms with Crippen molar-refractivity contribution >= 4 is 28.7 Å². The summed E-state index contributed by atoms with van der Waals surface area (Å²) in [4.78, 5) is 46.6. The summed E-state index contributed by atoms with van der Waals surface area (Å²) in [5.74, 6) is -0.794. The van der Waals surface area contributed by atoms with Gasteiger partial charge in [-0.2, -0.15) is 0 Å². The molecule has 1 spiro atoms. The maximum atomic E-state index is 13.6. The minimum atomic E-state index is -0.873. The lowest BCUT2D eigenvalue weighted by atomic mass is 9.86. The Bertz CT molecular complexity index is 1010. The number of benzene rings is 1. The van der Waals surface area contributed by atoms with Gasteiger partial charge in [0.2, 0.25) is 0 Å². The van der Waals surface area contributed by atoms with Crippen molar-refractivity contribution in [1.29, 1.82) is 0 Å². The molecule has 1 aromatic heterocycles. The number of imide groups is 1. The summed E-state index contributed by atoms with van der Waals surface area (Å²) in [5, 5.41) is 0.598. The molecule has 4 rings (SSSR count). The second kappa shape index (κ2) is 6.25. The normalized spacial score (nSPS) is 19.2. The highest BCUT2D eigenvalue weighted by Crippen LogP contribution is 2.36. The number of nitrogens with zero attached hydrogens (tertiary/aromatic N) is 4. The number of urea groups is 1. The van der Waals surface area contributed by atoms with Gasteiger partial charge < -0.3 is 9.80 Å². The molecule has 2 saturated heterocycles. The Morgan fingerprint density at radius 3 is 2.43 bits per heavy atom. The van der Waals surface area contributed by atoms with Crippen LogP contribution < -0.4 is 0 Å². The highest BCUT2D eigenvalue weighted by molar-refractivity contribution is 6.08. The van der Waals surface area contributed by atoms with Crippen LogP contribution in [0.2, 0.25) is 0 Å². The largest absolute Gasteiger partial charge is 0.338 e. The standard InChI is InChI=1S/C20H21FN4O3/c1-12-10-15(14-5-4-13(21)11-16(14)22-12)17(26)25-8-6-20(7-9-25)18(27)23(2)19(28)24(20)3/h4-5,10-11H,6-9H2,1-3H3. The predicted molar refractivity (Wildman–Crippen MR) is 100 cm³/mol. The third-order valence-electron chi connectivity index (χ3n) is 5.93. The fourth-order valence-corrected chi connectivity index (χ4v) is 4.26. The number of carbonyl (C=O) groups excluding carboxylic acids is 3. The van der Waals surface area contributed by atoms with E-state index < -0.39 is 11.4 Å². The average Bonchev–Trinajstić information content (AvgIpc) is 2.83. The van der Waals surface area contributed by atoms with Crippen LogP contribution in [0.25, 0.3) is 10.9 Å². The third-order valence-corrected chi connectivity index (χ3v) is 5.93. The smallest absolute Gasteiger partial charge is 0.327 e. The number of carbonyl (C=O) groups is 3. The second-order valence-corrected chi connectivity index (χ2v) is 7.50. The maximum Gasteiger partial charge on any atom is 0.327 e. The molecular weight excluding hydrogens is 363 g/mol. The zero-order valence-electron chi connectivity index (χ0n) is 16.0. The summed E-state index contributed by atoms with van der Waals surface area (Å²) >= 11 is 0. The molecule has 0 radical (unpaired) electrons. The van der Waals surface area contributed by atoms with Gasteiger partial charge in [0, 0.05) is 44.3 Å². The van der Waals surface area contributed by atoms with E-state index in [0.29, 0.717) is 48.1 Å². The Morgan fingerprint density at radius 2 is 1.82 bits per heavy atom.